The molecule has 0 spiro atoms. The standard InChI is InChI=1S/C31H32N8O3S/c1-6-26-27(42-21-41-26)17-22(1)18-36-8-10-38(11-9-36)31-34-29(28-30(35-31)39(20-32-28)25-7-16-43-19-25)33-23-2-4-24(5-3-23)37-12-14-40-15-13-37/h1-7,16-17,19-20H,8-15,18,21H2,(H,33,34,35). The first-order chi connectivity index (χ1) is 21.3. The van der Waals surface area contributed by atoms with Crippen LogP contribution in [0.3, 0.4) is 0 Å². The fourth-order valence-electron chi connectivity index (χ4n) is 5.82. The summed E-state index contributed by atoms with van der Waals surface area (Å²) in [5, 5.41) is 7.72. The molecule has 0 atom stereocenters. The lowest BCUT2D eigenvalue weighted by Gasteiger charge is -2.34. The van der Waals surface area contributed by atoms with E-state index in [0.29, 0.717) is 18.6 Å². The van der Waals surface area contributed by atoms with E-state index < -0.39 is 0 Å². The van der Waals surface area contributed by atoms with Crippen molar-refractivity contribution in [1.29, 1.82) is 0 Å². The van der Waals surface area contributed by atoms with Gasteiger partial charge in [-0.3, -0.25) is 9.47 Å². The molecule has 3 aromatic heterocycles. The topological polar surface area (TPSA) is 93.0 Å². The predicted molar refractivity (Wildman–Crippen MR) is 167 cm³/mol. The Labute approximate surface area is 253 Å². The van der Waals surface area contributed by atoms with Gasteiger partial charge < -0.3 is 29.3 Å². The molecule has 3 aliphatic heterocycles. The van der Waals surface area contributed by atoms with Crippen molar-refractivity contribution < 1.29 is 14.2 Å². The number of nitrogens with one attached hydrogen (secondary N) is 1. The first-order valence-electron chi connectivity index (χ1n) is 14.6. The van der Waals surface area contributed by atoms with E-state index in [9.17, 15) is 0 Å². The monoisotopic (exact) mass is 596 g/mol. The lowest BCUT2D eigenvalue weighted by Crippen LogP contribution is -2.46. The average molecular weight is 597 g/mol. The van der Waals surface area contributed by atoms with E-state index in [1.807, 2.05) is 17.0 Å². The lowest BCUT2D eigenvalue weighted by molar-refractivity contribution is 0.122. The van der Waals surface area contributed by atoms with Gasteiger partial charge in [0.1, 0.15) is 6.33 Å². The third kappa shape index (κ3) is 5.33. The SMILES string of the molecule is c1cc(-n2cnc3c(Nc4ccc(N5CCOCC5)cc4)nc(N4CCN(Cc5ccc6c(c5)OCO6)CC4)nc32)cs1. The Bertz CT molecular complexity index is 1710. The molecule has 3 aliphatic rings. The molecule has 8 rings (SSSR count). The summed E-state index contributed by atoms with van der Waals surface area (Å²) in [4.78, 5) is 21.9. The Morgan fingerprint density at radius 1 is 0.814 bits per heavy atom. The van der Waals surface area contributed by atoms with Gasteiger partial charge in [0.15, 0.2) is 28.5 Å². The second kappa shape index (κ2) is 11.4. The van der Waals surface area contributed by atoms with Crippen LogP contribution < -0.4 is 24.6 Å². The molecule has 2 fully saturated rings. The van der Waals surface area contributed by atoms with Crippen LogP contribution >= 0.6 is 11.3 Å². The van der Waals surface area contributed by atoms with Crippen LogP contribution in [0.1, 0.15) is 5.56 Å². The number of thiophene rings is 1. The van der Waals surface area contributed by atoms with E-state index in [1.54, 1.807) is 11.3 Å². The first-order valence-corrected chi connectivity index (χ1v) is 15.5. The molecular weight excluding hydrogens is 564 g/mol. The Morgan fingerprint density at radius 3 is 2.47 bits per heavy atom. The van der Waals surface area contributed by atoms with E-state index in [-0.39, 0.29) is 0 Å². The third-order valence-corrected chi connectivity index (χ3v) is 8.84. The van der Waals surface area contributed by atoms with Crippen molar-refractivity contribution >= 4 is 45.6 Å². The van der Waals surface area contributed by atoms with Gasteiger partial charge in [0.2, 0.25) is 12.7 Å². The summed E-state index contributed by atoms with van der Waals surface area (Å²) >= 11 is 1.66. The minimum absolute atomic E-state index is 0.295. The fourth-order valence-corrected chi connectivity index (χ4v) is 6.45. The summed E-state index contributed by atoms with van der Waals surface area (Å²) in [5.41, 5.74) is 5.96. The number of fused-ring (bicyclic) bond motifs is 2. The molecule has 12 heteroatoms. The van der Waals surface area contributed by atoms with Crippen molar-refractivity contribution in [1.82, 2.24) is 24.4 Å². The zero-order valence-corrected chi connectivity index (χ0v) is 24.5. The van der Waals surface area contributed by atoms with Gasteiger partial charge in [-0.15, -0.1) is 0 Å². The second-order valence-electron chi connectivity index (χ2n) is 10.9. The smallest absolute Gasteiger partial charge is 0.231 e. The van der Waals surface area contributed by atoms with Crippen molar-refractivity contribution in [2.75, 3.05) is 74.4 Å². The molecule has 11 nitrogen and oxygen atoms in total. The van der Waals surface area contributed by atoms with Crippen LogP contribution in [0.4, 0.5) is 23.1 Å². The molecule has 2 saturated heterocycles. The van der Waals surface area contributed by atoms with Crippen molar-refractivity contribution in [2.24, 2.45) is 0 Å². The maximum Gasteiger partial charge on any atom is 0.231 e. The maximum atomic E-state index is 5.57. The van der Waals surface area contributed by atoms with Crippen LogP contribution in [-0.2, 0) is 11.3 Å². The van der Waals surface area contributed by atoms with E-state index in [2.05, 4.69) is 73.2 Å². The minimum atomic E-state index is 0.295. The molecule has 0 radical (unpaired) electrons. The number of benzene rings is 2. The molecule has 5 aromatic rings. The van der Waals surface area contributed by atoms with Gasteiger partial charge in [-0.05, 0) is 53.4 Å². The average Bonchev–Trinajstić information content (AvgIpc) is 3.83. The highest BCUT2D eigenvalue weighted by Gasteiger charge is 2.23. The number of nitrogens with zero attached hydrogens (tertiary/aromatic N) is 7. The van der Waals surface area contributed by atoms with Crippen LogP contribution in [0.15, 0.2) is 65.6 Å². The molecule has 0 unspecified atom stereocenters. The number of hydrogen-bond donors (Lipinski definition) is 1. The van der Waals surface area contributed by atoms with E-state index in [0.717, 1.165) is 93.1 Å². The van der Waals surface area contributed by atoms with E-state index in [4.69, 9.17) is 29.2 Å². The molecule has 0 amide bonds. The highest BCUT2D eigenvalue weighted by atomic mass is 32.1. The second-order valence-corrected chi connectivity index (χ2v) is 11.6. The van der Waals surface area contributed by atoms with Gasteiger partial charge >= 0.3 is 0 Å². The van der Waals surface area contributed by atoms with Gasteiger partial charge in [-0.1, -0.05) is 6.07 Å². The van der Waals surface area contributed by atoms with Gasteiger partial charge in [0, 0.05) is 62.6 Å². The van der Waals surface area contributed by atoms with Crippen LogP contribution in [0, 0.1) is 0 Å². The molecule has 2 aromatic carbocycles. The van der Waals surface area contributed by atoms with Gasteiger partial charge in [0.25, 0.3) is 0 Å². The fraction of sp³-hybridized carbons (Fsp3) is 0.323. The molecule has 0 saturated carbocycles. The number of imidazole rings is 1. The lowest BCUT2D eigenvalue weighted by atomic mass is 10.1. The normalized spacial score (nSPS) is 17.1. The largest absolute Gasteiger partial charge is 0.454 e. The Balaban J connectivity index is 1.04. The highest BCUT2D eigenvalue weighted by Crippen LogP contribution is 2.33. The quantitative estimate of drug-likeness (QED) is 0.289. The van der Waals surface area contributed by atoms with Crippen molar-refractivity contribution in [3.8, 4) is 17.2 Å². The van der Waals surface area contributed by atoms with Crippen molar-refractivity contribution in [3.05, 3.63) is 71.2 Å². The zero-order valence-electron chi connectivity index (χ0n) is 23.7. The summed E-state index contributed by atoms with van der Waals surface area (Å²) in [7, 11) is 0. The molecule has 220 valence electrons. The molecule has 43 heavy (non-hydrogen) atoms. The van der Waals surface area contributed by atoms with Gasteiger partial charge in [-0.2, -0.15) is 21.3 Å². The summed E-state index contributed by atoms with van der Waals surface area (Å²) in [6.07, 6.45) is 1.83. The third-order valence-electron chi connectivity index (χ3n) is 8.17. The molecule has 1 N–H and O–H groups in total. The Morgan fingerprint density at radius 2 is 1.65 bits per heavy atom. The summed E-state index contributed by atoms with van der Waals surface area (Å²) in [6.45, 7) is 7.98. The molecule has 0 aliphatic carbocycles. The van der Waals surface area contributed by atoms with Crippen molar-refractivity contribution in [2.45, 2.75) is 6.54 Å². The molecular formula is C31H32N8O3S. The first kappa shape index (κ1) is 26.3. The van der Waals surface area contributed by atoms with Gasteiger partial charge in [0.05, 0.1) is 18.9 Å². The number of rotatable bonds is 7. The molecule has 6 heterocycles. The summed E-state index contributed by atoms with van der Waals surface area (Å²) in [6, 6.07) is 16.8. The highest BCUT2D eigenvalue weighted by molar-refractivity contribution is 7.08. The van der Waals surface area contributed by atoms with Crippen molar-refractivity contribution in [3.63, 3.8) is 0 Å². The van der Waals surface area contributed by atoms with Crippen LogP contribution in [-0.4, -0.2) is 83.7 Å². The molecule has 0 bridgehead atoms. The summed E-state index contributed by atoms with van der Waals surface area (Å²) in [5.74, 6) is 3.06. The number of aromatic nitrogens is 4. The Hall–Kier alpha value is -4.39. The number of anilines is 4. The van der Waals surface area contributed by atoms with Crippen LogP contribution in [0.5, 0.6) is 11.5 Å². The number of hydrogen-bond acceptors (Lipinski definition) is 11. The number of ether oxygens (including phenoxy) is 3. The summed E-state index contributed by atoms with van der Waals surface area (Å²) < 4.78 is 18.6. The minimum Gasteiger partial charge on any atom is -0.454 e. The zero-order chi connectivity index (χ0) is 28.6. The maximum absolute atomic E-state index is 5.57. The van der Waals surface area contributed by atoms with Crippen LogP contribution in [0.2, 0.25) is 0 Å². The van der Waals surface area contributed by atoms with E-state index in [1.165, 1.54) is 11.3 Å². The predicted octanol–water partition coefficient (Wildman–Crippen LogP) is 4.51. The Kier molecular flexibility index (Phi) is 6.94. The number of morpholine rings is 1. The van der Waals surface area contributed by atoms with Gasteiger partial charge in [-0.25, -0.2) is 4.98 Å². The number of piperazine rings is 1. The van der Waals surface area contributed by atoms with E-state index >= 15 is 0 Å². The van der Waals surface area contributed by atoms with Crippen LogP contribution in [0.25, 0.3) is 16.9 Å².